The van der Waals surface area contributed by atoms with Crippen molar-refractivity contribution in [2.75, 3.05) is 0 Å². The third-order valence-electron chi connectivity index (χ3n) is 4.52. The molecule has 4 unspecified atom stereocenters. The summed E-state index contributed by atoms with van der Waals surface area (Å²) in [6.07, 6.45) is 4.64. The van der Waals surface area contributed by atoms with Gasteiger partial charge in [0.25, 0.3) is 0 Å². The molecule has 0 amide bonds. The Morgan fingerprint density at radius 1 is 1.22 bits per heavy atom. The maximum atomic E-state index is 2.50. The Balaban J connectivity index is 2.08. The Kier molecular flexibility index (Phi) is 0.470. The molecule has 3 fully saturated rings. The van der Waals surface area contributed by atoms with Crippen molar-refractivity contribution in [3.05, 3.63) is 0 Å². The van der Waals surface area contributed by atoms with Crippen LogP contribution in [0, 0.1) is 22.7 Å². The van der Waals surface area contributed by atoms with Crippen LogP contribution < -0.4 is 0 Å². The molecule has 3 rings (SSSR count). The largest absolute Gasteiger partial charge is 0.0593 e. The summed E-state index contributed by atoms with van der Waals surface area (Å²) >= 11 is 0. The molecule has 0 saturated heterocycles. The summed E-state index contributed by atoms with van der Waals surface area (Å²) in [5, 5.41) is 0. The molecule has 0 heterocycles. The fourth-order valence-electron chi connectivity index (χ4n) is 3.92. The summed E-state index contributed by atoms with van der Waals surface area (Å²) in [7, 11) is 0. The van der Waals surface area contributed by atoms with Gasteiger partial charge in [-0.15, -0.1) is 0 Å². The highest BCUT2D eigenvalue weighted by Gasteiger charge is 2.79. The molecule has 0 heteroatoms. The monoisotopic (exact) mass is 122 g/mol. The van der Waals surface area contributed by atoms with Crippen molar-refractivity contribution < 1.29 is 0 Å². The van der Waals surface area contributed by atoms with Gasteiger partial charge in [0.2, 0.25) is 0 Å². The van der Waals surface area contributed by atoms with E-state index in [1.807, 2.05) is 0 Å². The topological polar surface area (TPSA) is 0 Å². The van der Waals surface area contributed by atoms with E-state index in [2.05, 4.69) is 13.8 Å². The number of fused-ring (bicyclic) bond motifs is 1. The summed E-state index contributed by atoms with van der Waals surface area (Å²) in [5.74, 6) is 2.35. The lowest BCUT2D eigenvalue weighted by Crippen LogP contribution is -2.28. The first-order valence-corrected chi connectivity index (χ1v) is 4.17. The predicted octanol–water partition coefficient (Wildman–Crippen LogP) is 2.44. The van der Waals surface area contributed by atoms with E-state index >= 15 is 0 Å². The van der Waals surface area contributed by atoms with Gasteiger partial charge < -0.3 is 0 Å². The molecule has 0 aromatic rings. The van der Waals surface area contributed by atoms with E-state index in [0.717, 1.165) is 10.8 Å². The molecular weight excluding hydrogens is 108 g/mol. The first-order chi connectivity index (χ1) is 4.17. The minimum Gasteiger partial charge on any atom is -0.0593 e. The van der Waals surface area contributed by atoms with Crippen molar-refractivity contribution >= 4 is 0 Å². The Morgan fingerprint density at radius 2 is 2.00 bits per heavy atom. The Hall–Kier alpha value is 0. The molecule has 0 bridgehead atoms. The summed E-state index contributed by atoms with van der Waals surface area (Å²) in [5.41, 5.74) is 1.69. The van der Waals surface area contributed by atoms with Gasteiger partial charge in [0.05, 0.1) is 0 Å². The van der Waals surface area contributed by atoms with Gasteiger partial charge in [-0.3, -0.25) is 0 Å². The molecule has 0 radical (unpaired) electrons. The van der Waals surface area contributed by atoms with Crippen molar-refractivity contribution in [1.82, 2.24) is 0 Å². The van der Waals surface area contributed by atoms with Crippen LogP contribution in [0.15, 0.2) is 0 Å². The van der Waals surface area contributed by atoms with Crippen molar-refractivity contribution in [2.24, 2.45) is 22.7 Å². The molecule has 3 aliphatic rings. The van der Waals surface area contributed by atoms with E-state index in [9.17, 15) is 0 Å². The van der Waals surface area contributed by atoms with Crippen LogP contribution >= 0.6 is 0 Å². The van der Waals surface area contributed by atoms with Crippen molar-refractivity contribution in [3.63, 3.8) is 0 Å². The second-order valence-electron chi connectivity index (χ2n) is 4.95. The molecule has 9 heavy (non-hydrogen) atoms. The van der Waals surface area contributed by atoms with Crippen LogP contribution in [0.1, 0.15) is 33.1 Å². The maximum Gasteiger partial charge on any atom is -0.0258 e. The van der Waals surface area contributed by atoms with Crippen LogP contribution in [0.5, 0.6) is 0 Å². The minimum atomic E-state index is 0.833. The highest BCUT2D eigenvalue weighted by Crippen LogP contribution is 2.86. The fraction of sp³-hybridized carbons (Fsp3) is 1.00. The maximum absolute atomic E-state index is 2.50. The lowest BCUT2D eigenvalue weighted by molar-refractivity contribution is 0.128. The number of hydrogen-bond donors (Lipinski definition) is 0. The Bertz CT molecular complexity index is 169. The van der Waals surface area contributed by atoms with Gasteiger partial charge in [0, 0.05) is 0 Å². The molecule has 0 aromatic carbocycles. The molecule has 0 nitrogen and oxygen atoms in total. The molecular formula is C9H14. The second kappa shape index (κ2) is 0.889. The lowest BCUT2D eigenvalue weighted by Gasteiger charge is -2.37. The Morgan fingerprint density at radius 3 is 2.11 bits per heavy atom. The van der Waals surface area contributed by atoms with E-state index < -0.39 is 0 Å². The zero-order valence-electron chi connectivity index (χ0n) is 6.28. The molecule has 0 aromatic heterocycles. The van der Waals surface area contributed by atoms with Crippen LogP contribution in [-0.4, -0.2) is 0 Å². The molecule has 0 N–H and O–H groups in total. The molecule has 0 spiro atoms. The normalized spacial score (nSPS) is 75.3. The van der Waals surface area contributed by atoms with Gasteiger partial charge in [0.15, 0.2) is 0 Å². The number of rotatable bonds is 0. The van der Waals surface area contributed by atoms with Crippen molar-refractivity contribution in [2.45, 2.75) is 33.1 Å². The third-order valence-corrected chi connectivity index (χ3v) is 4.52. The molecule has 3 saturated carbocycles. The standard InChI is InChI=1S/C9H14/c1-8-3-4-9(2)6(5-8)7(8)9/h6-7H,3-5H2,1-2H3. The second-order valence-corrected chi connectivity index (χ2v) is 4.95. The predicted molar refractivity (Wildman–Crippen MR) is 37.0 cm³/mol. The SMILES string of the molecule is CC12CCC3(C)C(C1)C23. The summed E-state index contributed by atoms with van der Waals surface area (Å²) in [6.45, 7) is 4.99. The third kappa shape index (κ3) is 0.281. The van der Waals surface area contributed by atoms with E-state index in [1.54, 1.807) is 12.8 Å². The van der Waals surface area contributed by atoms with Crippen LogP contribution in [0.25, 0.3) is 0 Å². The van der Waals surface area contributed by atoms with Gasteiger partial charge in [-0.05, 0) is 41.9 Å². The van der Waals surface area contributed by atoms with Crippen LogP contribution in [-0.2, 0) is 0 Å². The summed E-state index contributed by atoms with van der Waals surface area (Å²) < 4.78 is 0. The van der Waals surface area contributed by atoms with Crippen LogP contribution in [0.3, 0.4) is 0 Å². The smallest absolute Gasteiger partial charge is 0.0258 e. The lowest BCUT2D eigenvalue weighted by atomic mass is 9.68. The van der Waals surface area contributed by atoms with Crippen LogP contribution in [0.4, 0.5) is 0 Å². The highest BCUT2D eigenvalue weighted by atomic mass is 14.8. The average molecular weight is 122 g/mol. The van der Waals surface area contributed by atoms with Gasteiger partial charge >= 0.3 is 0 Å². The summed E-state index contributed by atoms with van der Waals surface area (Å²) in [6, 6.07) is 0. The van der Waals surface area contributed by atoms with Gasteiger partial charge in [0.1, 0.15) is 0 Å². The molecule has 50 valence electrons. The van der Waals surface area contributed by atoms with E-state index in [1.165, 1.54) is 18.3 Å². The summed E-state index contributed by atoms with van der Waals surface area (Å²) in [4.78, 5) is 0. The molecule has 0 aliphatic heterocycles. The van der Waals surface area contributed by atoms with E-state index in [4.69, 9.17) is 0 Å². The van der Waals surface area contributed by atoms with E-state index in [0.29, 0.717) is 0 Å². The van der Waals surface area contributed by atoms with Crippen molar-refractivity contribution in [3.8, 4) is 0 Å². The highest BCUT2D eigenvalue weighted by molar-refractivity contribution is 5.27. The zero-order valence-corrected chi connectivity index (χ0v) is 6.28. The van der Waals surface area contributed by atoms with Crippen LogP contribution in [0.2, 0.25) is 0 Å². The van der Waals surface area contributed by atoms with Gasteiger partial charge in [-0.25, -0.2) is 0 Å². The first kappa shape index (κ1) is 4.76. The van der Waals surface area contributed by atoms with E-state index in [-0.39, 0.29) is 0 Å². The Labute approximate surface area is 56.6 Å². The first-order valence-electron chi connectivity index (χ1n) is 4.17. The zero-order chi connectivity index (χ0) is 6.28. The van der Waals surface area contributed by atoms with Gasteiger partial charge in [-0.2, -0.15) is 0 Å². The van der Waals surface area contributed by atoms with Crippen molar-refractivity contribution in [1.29, 1.82) is 0 Å². The van der Waals surface area contributed by atoms with Gasteiger partial charge in [-0.1, -0.05) is 13.8 Å². The minimum absolute atomic E-state index is 0.833. The quantitative estimate of drug-likeness (QED) is 0.463. The molecule has 3 aliphatic carbocycles. The number of hydrogen-bond acceptors (Lipinski definition) is 0. The fourth-order valence-corrected chi connectivity index (χ4v) is 3.92. The average Bonchev–Trinajstić information content (AvgIpc) is 2.17. The molecule has 4 atom stereocenters.